The Labute approximate surface area is 269 Å². The van der Waals surface area contributed by atoms with Crippen molar-refractivity contribution in [2.75, 3.05) is 5.73 Å². The Kier molecular flexibility index (Phi) is 7.58. The molecule has 0 aliphatic carbocycles. The van der Waals surface area contributed by atoms with Gasteiger partial charge in [-0.15, -0.1) is 0 Å². The lowest BCUT2D eigenvalue weighted by Gasteiger charge is -2.12. The molecule has 0 saturated heterocycles. The number of hydrogen-bond acceptors (Lipinski definition) is 3. The van der Waals surface area contributed by atoms with E-state index in [4.69, 9.17) is 15.7 Å². The highest BCUT2D eigenvalue weighted by molar-refractivity contribution is 6.25. The number of nitrogens with two attached hydrogens (primary N) is 1. The van der Waals surface area contributed by atoms with E-state index in [0.717, 1.165) is 50.1 Å². The summed E-state index contributed by atoms with van der Waals surface area (Å²) in [6.07, 6.45) is 9.29. The Bertz CT molecular complexity index is 2370. The SMILES string of the molecule is C=C/C=C\c1ccc2ccc(-c3ccc(/C(C=C)=N/C=C(\C)c4ccc5c6ccccc6c6ccccc6c5c4)cc3)nc2c1N. The normalized spacial score (nSPS) is 12.5. The van der Waals surface area contributed by atoms with Gasteiger partial charge >= 0.3 is 0 Å². The number of benzene rings is 6. The van der Waals surface area contributed by atoms with Gasteiger partial charge < -0.3 is 5.73 Å². The number of nitrogens with zero attached hydrogens (tertiary/aromatic N) is 2. The Morgan fingerprint density at radius 1 is 0.696 bits per heavy atom. The number of aliphatic imine (C=N–C) groups is 1. The molecule has 1 aromatic heterocycles. The summed E-state index contributed by atoms with van der Waals surface area (Å²) in [5.74, 6) is 0. The molecule has 1 heterocycles. The summed E-state index contributed by atoms with van der Waals surface area (Å²) in [6.45, 7) is 9.90. The van der Waals surface area contributed by atoms with Gasteiger partial charge in [0, 0.05) is 22.7 Å². The second-order valence-corrected chi connectivity index (χ2v) is 11.4. The fourth-order valence-corrected chi connectivity index (χ4v) is 6.15. The Balaban J connectivity index is 1.20. The first kappa shape index (κ1) is 28.7. The number of hydrogen-bond donors (Lipinski definition) is 1. The van der Waals surface area contributed by atoms with Crippen LogP contribution in [0.1, 0.15) is 23.6 Å². The molecule has 0 spiro atoms. The van der Waals surface area contributed by atoms with E-state index in [-0.39, 0.29) is 0 Å². The van der Waals surface area contributed by atoms with Crippen molar-refractivity contribution in [2.24, 2.45) is 4.99 Å². The lowest BCUT2D eigenvalue weighted by atomic mass is 9.92. The minimum atomic E-state index is 0.658. The summed E-state index contributed by atoms with van der Waals surface area (Å²) >= 11 is 0. The molecule has 0 bridgehead atoms. The molecule has 6 aromatic carbocycles. The molecule has 7 rings (SSSR count). The van der Waals surface area contributed by atoms with Crippen molar-refractivity contribution in [3.63, 3.8) is 0 Å². The third-order valence-electron chi connectivity index (χ3n) is 8.61. The number of pyridine rings is 1. The molecule has 3 nitrogen and oxygen atoms in total. The highest BCUT2D eigenvalue weighted by Crippen LogP contribution is 2.36. The summed E-state index contributed by atoms with van der Waals surface area (Å²) in [6, 6.07) is 40.4. The number of nitrogen functional groups attached to an aromatic ring is 1. The Hall–Kier alpha value is -6.06. The minimum absolute atomic E-state index is 0.658. The molecule has 0 unspecified atom stereocenters. The van der Waals surface area contributed by atoms with Crippen molar-refractivity contribution in [1.82, 2.24) is 4.98 Å². The number of rotatable bonds is 7. The highest BCUT2D eigenvalue weighted by atomic mass is 14.7. The van der Waals surface area contributed by atoms with Gasteiger partial charge in [0.05, 0.1) is 22.6 Å². The Morgan fingerprint density at radius 2 is 1.30 bits per heavy atom. The summed E-state index contributed by atoms with van der Waals surface area (Å²) in [7, 11) is 0. The van der Waals surface area contributed by atoms with E-state index in [1.807, 2.05) is 36.6 Å². The molecule has 0 fully saturated rings. The maximum absolute atomic E-state index is 6.48. The average molecular weight is 592 g/mol. The topological polar surface area (TPSA) is 51.3 Å². The molecule has 7 aromatic rings. The second kappa shape index (κ2) is 12.1. The molecule has 0 amide bonds. The van der Waals surface area contributed by atoms with Crippen LogP contribution in [0, 0.1) is 0 Å². The van der Waals surface area contributed by atoms with Crippen LogP contribution in [0.2, 0.25) is 0 Å². The predicted octanol–water partition coefficient (Wildman–Crippen LogP) is 11.2. The van der Waals surface area contributed by atoms with Gasteiger partial charge in [-0.2, -0.15) is 0 Å². The maximum atomic E-state index is 6.48. The Morgan fingerprint density at radius 3 is 1.96 bits per heavy atom. The first-order valence-corrected chi connectivity index (χ1v) is 15.4. The largest absolute Gasteiger partial charge is 0.396 e. The number of fused-ring (bicyclic) bond motifs is 7. The van der Waals surface area contributed by atoms with E-state index in [0.29, 0.717) is 5.69 Å². The zero-order valence-electron chi connectivity index (χ0n) is 25.7. The van der Waals surface area contributed by atoms with Crippen LogP contribution in [0.15, 0.2) is 158 Å². The van der Waals surface area contributed by atoms with Crippen LogP contribution < -0.4 is 5.73 Å². The van der Waals surface area contributed by atoms with Crippen LogP contribution in [0.25, 0.3) is 66.1 Å². The van der Waals surface area contributed by atoms with E-state index >= 15 is 0 Å². The van der Waals surface area contributed by atoms with Crippen molar-refractivity contribution in [2.45, 2.75) is 6.92 Å². The smallest absolute Gasteiger partial charge is 0.0944 e. The number of allylic oxidation sites excluding steroid dienone is 4. The number of aromatic nitrogens is 1. The van der Waals surface area contributed by atoms with E-state index in [2.05, 4.69) is 117 Å². The van der Waals surface area contributed by atoms with Crippen molar-refractivity contribution >= 4 is 66.3 Å². The van der Waals surface area contributed by atoms with Gasteiger partial charge in [-0.25, -0.2) is 4.98 Å². The van der Waals surface area contributed by atoms with Gasteiger partial charge in [0.1, 0.15) is 0 Å². The van der Waals surface area contributed by atoms with Crippen LogP contribution in [0.4, 0.5) is 5.69 Å². The second-order valence-electron chi connectivity index (χ2n) is 11.4. The lowest BCUT2D eigenvalue weighted by Crippen LogP contribution is -1.97. The van der Waals surface area contributed by atoms with Gasteiger partial charge in [-0.1, -0.05) is 135 Å². The molecule has 0 aliphatic rings. The van der Waals surface area contributed by atoms with Crippen molar-refractivity contribution in [1.29, 1.82) is 0 Å². The standard InChI is InChI=1S/C43H33N3/c1-4-6-11-31-20-21-32-23-25-41(46-43(32)42(31)44)30-18-16-29(17-19-30)40(5-2)45-27-28(3)33-22-24-38-36-14-8-7-12-34(36)35-13-9-10-15-37(35)39(38)26-33/h4-27H,1-2,44H2,3H3/b11-6-,28-27+,45-40+. The first-order valence-electron chi connectivity index (χ1n) is 15.4. The minimum Gasteiger partial charge on any atom is -0.396 e. The summed E-state index contributed by atoms with van der Waals surface area (Å²) in [4.78, 5) is 9.78. The first-order chi connectivity index (χ1) is 22.6. The molecule has 0 saturated carbocycles. The van der Waals surface area contributed by atoms with Crippen LogP contribution >= 0.6 is 0 Å². The molecular weight excluding hydrogens is 558 g/mol. The zero-order valence-corrected chi connectivity index (χ0v) is 25.7. The predicted molar refractivity (Wildman–Crippen MR) is 200 cm³/mol. The maximum Gasteiger partial charge on any atom is 0.0944 e. The molecule has 2 N–H and O–H groups in total. The van der Waals surface area contributed by atoms with E-state index in [1.54, 1.807) is 12.2 Å². The number of anilines is 1. The van der Waals surface area contributed by atoms with Gasteiger partial charge in [0.25, 0.3) is 0 Å². The van der Waals surface area contributed by atoms with Crippen LogP contribution in [0.5, 0.6) is 0 Å². The van der Waals surface area contributed by atoms with Gasteiger partial charge in [-0.3, -0.25) is 4.99 Å². The zero-order chi connectivity index (χ0) is 31.6. The van der Waals surface area contributed by atoms with Gasteiger partial charge in [0.15, 0.2) is 0 Å². The fourth-order valence-electron chi connectivity index (χ4n) is 6.15. The average Bonchev–Trinajstić information content (AvgIpc) is 3.11. The molecule has 0 aliphatic heterocycles. The fraction of sp³-hybridized carbons (Fsp3) is 0.0233. The van der Waals surface area contributed by atoms with E-state index in [1.165, 1.54) is 32.3 Å². The monoisotopic (exact) mass is 591 g/mol. The van der Waals surface area contributed by atoms with Crippen molar-refractivity contribution in [3.8, 4) is 11.3 Å². The molecule has 220 valence electrons. The highest BCUT2D eigenvalue weighted by Gasteiger charge is 2.10. The van der Waals surface area contributed by atoms with Crippen LogP contribution in [-0.4, -0.2) is 10.7 Å². The van der Waals surface area contributed by atoms with Crippen LogP contribution in [0.3, 0.4) is 0 Å². The summed E-state index contributed by atoms with van der Waals surface area (Å²) < 4.78 is 0. The van der Waals surface area contributed by atoms with E-state index < -0.39 is 0 Å². The molecule has 0 atom stereocenters. The summed E-state index contributed by atoms with van der Waals surface area (Å²) in [5, 5.41) is 8.59. The summed E-state index contributed by atoms with van der Waals surface area (Å²) in [5.41, 5.74) is 14.7. The quantitative estimate of drug-likeness (QED) is 0.0867. The van der Waals surface area contributed by atoms with Crippen molar-refractivity contribution < 1.29 is 0 Å². The third-order valence-corrected chi connectivity index (χ3v) is 8.61. The third kappa shape index (κ3) is 5.18. The molecular formula is C43H33N3. The van der Waals surface area contributed by atoms with Crippen molar-refractivity contribution in [3.05, 3.63) is 170 Å². The van der Waals surface area contributed by atoms with Gasteiger partial charge in [0.2, 0.25) is 0 Å². The van der Waals surface area contributed by atoms with Crippen LogP contribution in [-0.2, 0) is 0 Å². The molecule has 3 heteroatoms. The van der Waals surface area contributed by atoms with E-state index in [9.17, 15) is 0 Å². The molecule has 0 radical (unpaired) electrons. The molecule has 46 heavy (non-hydrogen) atoms. The lowest BCUT2D eigenvalue weighted by molar-refractivity contribution is 1.39. The van der Waals surface area contributed by atoms with Gasteiger partial charge in [-0.05, 0) is 74.1 Å².